The van der Waals surface area contributed by atoms with Gasteiger partial charge in [-0.05, 0) is 48.4 Å². The summed E-state index contributed by atoms with van der Waals surface area (Å²) < 4.78 is 16.4. The molecule has 0 bridgehead atoms. The molecule has 2 aromatic rings. The molecule has 2 aliphatic heterocycles. The molecule has 0 radical (unpaired) electrons. The van der Waals surface area contributed by atoms with E-state index in [1.54, 1.807) is 25.3 Å². The number of aryl methyl sites for hydroxylation is 1. The van der Waals surface area contributed by atoms with Crippen molar-refractivity contribution in [3.05, 3.63) is 58.0 Å². The highest BCUT2D eigenvalue weighted by atomic mass is 32.2. The van der Waals surface area contributed by atoms with Crippen LogP contribution < -0.4 is 19.5 Å². The van der Waals surface area contributed by atoms with Gasteiger partial charge < -0.3 is 19.5 Å². The molecule has 1 fully saturated rings. The lowest BCUT2D eigenvalue weighted by molar-refractivity contribution is -0.122. The fraction of sp³-hybridized carbons (Fsp3) is 0.227. The van der Waals surface area contributed by atoms with E-state index in [0.717, 1.165) is 11.1 Å². The van der Waals surface area contributed by atoms with Crippen LogP contribution in [-0.4, -0.2) is 48.0 Å². The van der Waals surface area contributed by atoms with Crippen molar-refractivity contribution < 1.29 is 23.8 Å². The maximum Gasteiger partial charge on any atom is 0.266 e. The average Bonchev–Trinajstić information content (AvgIpc) is 3.33. The van der Waals surface area contributed by atoms with Gasteiger partial charge >= 0.3 is 0 Å². The topological polar surface area (TPSA) is 77.1 Å². The minimum Gasteiger partial charge on any atom is -0.496 e. The Morgan fingerprint density at radius 3 is 2.87 bits per heavy atom. The molecule has 2 heterocycles. The summed E-state index contributed by atoms with van der Waals surface area (Å²) in [6.45, 7) is 2.67. The molecule has 160 valence electrons. The number of fused-ring (bicyclic) bond motifs is 1. The number of nitrogens with zero attached hydrogens (tertiary/aromatic N) is 1. The molecule has 0 spiro atoms. The number of hydrogen-bond acceptors (Lipinski definition) is 7. The van der Waals surface area contributed by atoms with E-state index in [9.17, 15) is 9.59 Å². The molecule has 4 rings (SSSR count). The minimum atomic E-state index is -0.236. The SMILES string of the molecule is COc1cc(C(=O)NCCN2C(=O)C(=Cc3ccc4c(c3)OCO4)SC2=S)ccc1C. The molecular formula is C22H20N2O5S2. The number of hydrogen-bond donors (Lipinski definition) is 1. The summed E-state index contributed by atoms with van der Waals surface area (Å²) in [7, 11) is 1.57. The van der Waals surface area contributed by atoms with Crippen molar-refractivity contribution in [2.75, 3.05) is 27.0 Å². The highest BCUT2D eigenvalue weighted by Gasteiger charge is 2.31. The molecule has 0 aromatic heterocycles. The van der Waals surface area contributed by atoms with Crippen molar-refractivity contribution in [3.8, 4) is 17.2 Å². The summed E-state index contributed by atoms with van der Waals surface area (Å²) in [5.41, 5.74) is 2.27. The zero-order valence-corrected chi connectivity index (χ0v) is 18.6. The second-order valence-electron chi connectivity index (χ2n) is 6.89. The molecule has 0 atom stereocenters. The molecule has 0 aliphatic carbocycles. The predicted molar refractivity (Wildman–Crippen MR) is 123 cm³/mol. The van der Waals surface area contributed by atoms with E-state index in [1.165, 1.54) is 16.7 Å². The average molecular weight is 457 g/mol. The number of nitrogens with one attached hydrogen (secondary N) is 1. The Kier molecular flexibility index (Phi) is 6.15. The fourth-order valence-electron chi connectivity index (χ4n) is 3.19. The maximum absolute atomic E-state index is 12.8. The Bertz CT molecular complexity index is 1100. The molecule has 31 heavy (non-hydrogen) atoms. The lowest BCUT2D eigenvalue weighted by Crippen LogP contribution is -2.37. The molecular weight excluding hydrogens is 436 g/mol. The van der Waals surface area contributed by atoms with Gasteiger partial charge in [-0.1, -0.05) is 36.1 Å². The zero-order valence-electron chi connectivity index (χ0n) is 17.0. The monoisotopic (exact) mass is 456 g/mol. The van der Waals surface area contributed by atoms with Gasteiger partial charge in [-0.15, -0.1) is 0 Å². The van der Waals surface area contributed by atoms with E-state index in [0.29, 0.717) is 32.0 Å². The molecule has 1 saturated heterocycles. The summed E-state index contributed by atoms with van der Waals surface area (Å²) in [4.78, 5) is 27.2. The van der Waals surface area contributed by atoms with Gasteiger partial charge in [0.1, 0.15) is 10.1 Å². The molecule has 2 aromatic carbocycles. The Morgan fingerprint density at radius 1 is 1.26 bits per heavy atom. The van der Waals surface area contributed by atoms with Gasteiger partial charge in [0.2, 0.25) is 6.79 Å². The lowest BCUT2D eigenvalue weighted by atomic mass is 10.1. The van der Waals surface area contributed by atoms with Crippen LogP contribution in [0.5, 0.6) is 17.2 Å². The van der Waals surface area contributed by atoms with E-state index in [-0.39, 0.29) is 31.7 Å². The standard InChI is InChI=1S/C22H20N2O5S2/c1-13-3-5-15(11-17(13)27-2)20(25)23-7-8-24-21(26)19(31-22(24)30)10-14-4-6-16-18(9-14)29-12-28-16/h3-6,9-11H,7-8,12H2,1-2H3,(H,23,25). The van der Waals surface area contributed by atoms with Gasteiger partial charge in [-0.2, -0.15) is 0 Å². The van der Waals surface area contributed by atoms with Crippen LogP contribution in [0.15, 0.2) is 41.3 Å². The first-order valence-electron chi connectivity index (χ1n) is 9.54. The molecule has 0 saturated carbocycles. The van der Waals surface area contributed by atoms with Crippen molar-refractivity contribution in [1.29, 1.82) is 0 Å². The molecule has 7 nitrogen and oxygen atoms in total. The fourth-order valence-corrected chi connectivity index (χ4v) is 4.50. The van der Waals surface area contributed by atoms with Crippen molar-refractivity contribution in [2.45, 2.75) is 6.92 Å². The Balaban J connectivity index is 1.37. The number of carbonyl (C=O) groups excluding carboxylic acids is 2. The van der Waals surface area contributed by atoms with E-state index >= 15 is 0 Å². The highest BCUT2D eigenvalue weighted by Crippen LogP contribution is 2.36. The second-order valence-corrected chi connectivity index (χ2v) is 8.56. The minimum absolute atomic E-state index is 0.182. The van der Waals surface area contributed by atoms with Crippen molar-refractivity contribution >= 4 is 46.2 Å². The zero-order chi connectivity index (χ0) is 22.0. The van der Waals surface area contributed by atoms with Gasteiger partial charge in [-0.3, -0.25) is 14.5 Å². The molecule has 2 aliphatic rings. The van der Waals surface area contributed by atoms with Crippen LogP contribution in [0.1, 0.15) is 21.5 Å². The van der Waals surface area contributed by atoms with Crippen molar-refractivity contribution in [1.82, 2.24) is 10.2 Å². The van der Waals surface area contributed by atoms with E-state index in [2.05, 4.69) is 5.32 Å². The predicted octanol–water partition coefficient (Wildman–Crippen LogP) is 3.36. The van der Waals surface area contributed by atoms with Crippen LogP contribution in [0.25, 0.3) is 6.08 Å². The first-order valence-corrected chi connectivity index (χ1v) is 10.8. The molecule has 0 unspecified atom stereocenters. The summed E-state index contributed by atoms with van der Waals surface area (Å²) in [5.74, 6) is 1.57. The van der Waals surface area contributed by atoms with Crippen molar-refractivity contribution in [3.63, 3.8) is 0 Å². The Morgan fingerprint density at radius 2 is 2.06 bits per heavy atom. The third kappa shape index (κ3) is 4.52. The quantitative estimate of drug-likeness (QED) is 0.528. The molecule has 9 heteroatoms. The number of ether oxygens (including phenoxy) is 3. The number of rotatable bonds is 6. The number of amides is 2. The Hall–Kier alpha value is -3.04. The van der Waals surface area contributed by atoms with E-state index < -0.39 is 0 Å². The number of methoxy groups -OCH3 is 1. The third-order valence-corrected chi connectivity index (χ3v) is 6.24. The number of thiocarbonyl (C=S) groups is 1. The van der Waals surface area contributed by atoms with Crippen LogP contribution >= 0.6 is 24.0 Å². The smallest absolute Gasteiger partial charge is 0.266 e. The van der Waals surface area contributed by atoms with Gasteiger partial charge in [0.25, 0.3) is 11.8 Å². The first kappa shape index (κ1) is 21.2. The summed E-state index contributed by atoms with van der Waals surface area (Å²) >= 11 is 6.60. The number of carbonyl (C=O) groups is 2. The van der Waals surface area contributed by atoms with Gasteiger partial charge in [0.15, 0.2) is 11.5 Å². The summed E-state index contributed by atoms with van der Waals surface area (Å²) in [6.07, 6.45) is 1.78. The lowest BCUT2D eigenvalue weighted by Gasteiger charge is -2.15. The molecule has 1 N–H and O–H groups in total. The van der Waals surface area contributed by atoms with Gasteiger partial charge in [0, 0.05) is 18.7 Å². The van der Waals surface area contributed by atoms with E-state index in [1.807, 2.05) is 31.2 Å². The van der Waals surface area contributed by atoms with Crippen LogP contribution in [-0.2, 0) is 4.79 Å². The highest BCUT2D eigenvalue weighted by molar-refractivity contribution is 8.26. The largest absolute Gasteiger partial charge is 0.496 e. The molecule has 2 amide bonds. The van der Waals surface area contributed by atoms with Crippen LogP contribution in [0.4, 0.5) is 0 Å². The van der Waals surface area contributed by atoms with Crippen LogP contribution in [0.3, 0.4) is 0 Å². The maximum atomic E-state index is 12.8. The second kappa shape index (κ2) is 8.99. The van der Waals surface area contributed by atoms with Crippen LogP contribution in [0, 0.1) is 6.92 Å². The van der Waals surface area contributed by atoms with Gasteiger partial charge in [0.05, 0.1) is 12.0 Å². The van der Waals surface area contributed by atoms with Gasteiger partial charge in [-0.25, -0.2) is 0 Å². The van der Waals surface area contributed by atoms with Crippen LogP contribution in [0.2, 0.25) is 0 Å². The summed E-state index contributed by atoms with van der Waals surface area (Å²) in [6, 6.07) is 10.8. The third-order valence-electron chi connectivity index (χ3n) is 4.86. The van der Waals surface area contributed by atoms with Crippen molar-refractivity contribution in [2.24, 2.45) is 0 Å². The normalized spacial score (nSPS) is 16.2. The Labute approximate surface area is 189 Å². The summed E-state index contributed by atoms with van der Waals surface area (Å²) in [5, 5.41) is 2.82. The first-order chi connectivity index (χ1) is 15.0. The number of thioether (sulfide) groups is 1. The van der Waals surface area contributed by atoms with E-state index in [4.69, 9.17) is 26.4 Å². The number of benzene rings is 2.